The molecule has 22 heavy (non-hydrogen) atoms. The lowest BCUT2D eigenvalue weighted by Gasteiger charge is -2.02. The summed E-state index contributed by atoms with van der Waals surface area (Å²) in [6, 6.07) is 8.26. The third-order valence-corrected chi connectivity index (χ3v) is 3.40. The fraction of sp³-hybridized carbons (Fsp3) is 0.0667. The van der Waals surface area contributed by atoms with Crippen molar-refractivity contribution in [2.75, 3.05) is 0 Å². The predicted molar refractivity (Wildman–Crippen MR) is 83.6 cm³/mol. The van der Waals surface area contributed by atoms with Crippen molar-refractivity contribution in [1.82, 2.24) is 5.32 Å². The SMILES string of the molecule is CC(=O)NC(=Cc1ccc(-c2ccc(Cl)c(Cl)c2)o1)C(=O)O. The quantitative estimate of drug-likeness (QED) is 0.830. The Bertz CT molecular complexity index is 765. The molecule has 0 aliphatic rings. The van der Waals surface area contributed by atoms with Crippen LogP contribution in [0.15, 0.2) is 40.4 Å². The first-order valence-electron chi connectivity index (χ1n) is 6.14. The number of benzene rings is 1. The van der Waals surface area contributed by atoms with E-state index < -0.39 is 11.9 Å². The van der Waals surface area contributed by atoms with Crippen molar-refractivity contribution in [2.45, 2.75) is 6.92 Å². The zero-order chi connectivity index (χ0) is 16.3. The summed E-state index contributed by atoms with van der Waals surface area (Å²) in [6.45, 7) is 1.22. The van der Waals surface area contributed by atoms with E-state index in [-0.39, 0.29) is 11.5 Å². The molecule has 1 aromatic heterocycles. The third kappa shape index (κ3) is 3.90. The molecule has 5 nitrogen and oxygen atoms in total. The van der Waals surface area contributed by atoms with Gasteiger partial charge in [0.05, 0.1) is 10.0 Å². The number of halogens is 2. The molecule has 7 heteroatoms. The fourth-order valence-electron chi connectivity index (χ4n) is 1.72. The molecule has 0 bridgehead atoms. The standard InChI is InChI=1S/C15H11Cl2NO4/c1-8(19)18-13(15(20)21)7-10-3-5-14(22-10)9-2-4-11(16)12(17)6-9/h2-7H,1H3,(H,18,19)(H,20,21). The number of amides is 1. The summed E-state index contributed by atoms with van der Waals surface area (Å²) in [5, 5.41) is 12.0. The molecule has 1 amide bonds. The van der Waals surface area contributed by atoms with Crippen LogP contribution >= 0.6 is 23.2 Å². The molecule has 0 fully saturated rings. The molecule has 2 rings (SSSR count). The Hall–Kier alpha value is -2.24. The molecule has 0 radical (unpaired) electrons. The summed E-state index contributed by atoms with van der Waals surface area (Å²) in [5.74, 6) is -0.961. The summed E-state index contributed by atoms with van der Waals surface area (Å²) in [5.41, 5.74) is 0.424. The highest BCUT2D eigenvalue weighted by Gasteiger charge is 2.11. The molecule has 114 valence electrons. The van der Waals surface area contributed by atoms with Crippen LogP contribution in [0.4, 0.5) is 0 Å². The van der Waals surface area contributed by atoms with Gasteiger partial charge < -0.3 is 14.8 Å². The van der Waals surface area contributed by atoms with Crippen LogP contribution in [0.2, 0.25) is 10.0 Å². The highest BCUT2D eigenvalue weighted by atomic mass is 35.5. The summed E-state index contributed by atoms with van der Waals surface area (Å²) in [7, 11) is 0. The third-order valence-electron chi connectivity index (χ3n) is 2.66. The van der Waals surface area contributed by atoms with Crippen LogP contribution in [-0.2, 0) is 9.59 Å². The highest BCUT2D eigenvalue weighted by Crippen LogP contribution is 2.29. The van der Waals surface area contributed by atoms with Gasteiger partial charge in [0.2, 0.25) is 5.91 Å². The number of carboxylic acid groups (broad SMARTS) is 1. The molecule has 0 aliphatic carbocycles. The van der Waals surface area contributed by atoms with Gasteiger partial charge in [-0.3, -0.25) is 4.79 Å². The van der Waals surface area contributed by atoms with Gasteiger partial charge in [-0.1, -0.05) is 23.2 Å². The molecule has 2 aromatic rings. The van der Waals surface area contributed by atoms with Crippen LogP contribution in [0.1, 0.15) is 12.7 Å². The van der Waals surface area contributed by atoms with Crippen molar-refractivity contribution in [3.63, 3.8) is 0 Å². The predicted octanol–water partition coefficient (Wildman–Crippen LogP) is 3.82. The van der Waals surface area contributed by atoms with Crippen LogP contribution in [0.3, 0.4) is 0 Å². The van der Waals surface area contributed by atoms with Gasteiger partial charge in [-0.15, -0.1) is 0 Å². The van der Waals surface area contributed by atoms with E-state index in [1.54, 1.807) is 30.3 Å². The van der Waals surface area contributed by atoms with E-state index >= 15 is 0 Å². The molecule has 0 unspecified atom stereocenters. The van der Waals surface area contributed by atoms with Crippen molar-refractivity contribution < 1.29 is 19.1 Å². The number of hydrogen-bond acceptors (Lipinski definition) is 3. The second-order valence-corrected chi connectivity index (χ2v) is 5.19. The van der Waals surface area contributed by atoms with Crippen molar-refractivity contribution in [3.05, 3.63) is 51.8 Å². The van der Waals surface area contributed by atoms with Gasteiger partial charge in [0.25, 0.3) is 0 Å². The van der Waals surface area contributed by atoms with Crippen molar-refractivity contribution in [2.24, 2.45) is 0 Å². The van der Waals surface area contributed by atoms with Crippen molar-refractivity contribution in [3.8, 4) is 11.3 Å². The maximum Gasteiger partial charge on any atom is 0.352 e. The van der Waals surface area contributed by atoms with Crippen molar-refractivity contribution in [1.29, 1.82) is 0 Å². The molecule has 1 heterocycles. The number of rotatable bonds is 4. The smallest absolute Gasteiger partial charge is 0.352 e. The van der Waals surface area contributed by atoms with E-state index in [1.165, 1.54) is 13.0 Å². The average Bonchev–Trinajstić information content (AvgIpc) is 2.89. The highest BCUT2D eigenvalue weighted by molar-refractivity contribution is 6.42. The zero-order valence-corrected chi connectivity index (χ0v) is 12.9. The molecular weight excluding hydrogens is 329 g/mol. The average molecular weight is 340 g/mol. The molecular formula is C15H11Cl2NO4. The summed E-state index contributed by atoms with van der Waals surface area (Å²) in [4.78, 5) is 22.0. The Morgan fingerprint density at radius 1 is 1.18 bits per heavy atom. The molecule has 1 aromatic carbocycles. The van der Waals surface area contributed by atoms with E-state index in [0.717, 1.165) is 0 Å². The van der Waals surface area contributed by atoms with Gasteiger partial charge in [0.15, 0.2) is 0 Å². The van der Waals surface area contributed by atoms with Gasteiger partial charge in [-0.2, -0.15) is 0 Å². The monoisotopic (exact) mass is 339 g/mol. The van der Waals surface area contributed by atoms with Crippen LogP contribution in [-0.4, -0.2) is 17.0 Å². The minimum absolute atomic E-state index is 0.275. The molecule has 2 N–H and O–H groups in total. The fourth-order valence-corrected chi connectivity index (χ4v) is 2.02. The lowest BCUT2D eigenvalue weighted by Crippen LogP contribution is -2.24. The Kier molecular flexibility index (Phi) is 4.90. The second-order valence-electron chi connectivity index (χ2n) is 4.38. The molecule has 0 saturated heterocycles. The van der Waals surface area contributed by atoms with Gasteiger partial charge in [-0.05, 0) is 30.3 Å². The maximum absolute atomic E-state index is 11.0. The number of nitrogens with one attached hydrogen (secondary N) is 1. The number of carbonyl (C=O) groups is 2. The number of hydrogen-bond donors (Lipinski definition) is 2. The summed E-state index contributed by atoms with van der Waals surface area (Å²) >= 11 is 11.8. The summed E-state index contributed by atoms with van der Waals surface area (Å²) < 4.78 is 5.53. The zero-order valence-electron chi connectivity index (χ0n) is 11.4. The molecule has 0 atom stereocenters. The van der Waals surface area contributed by atoms with E-state index in [4.69, 9.17) is 32.7 Å². The first kappa shape index (κ1) is 16.1. The molecule has 0 aliphatic heterocycles. The van der Waals surface area contributed by atoms with Gasteiger partial charge in [-0.25, -0.2) is 4.79 Å². The molecule has 0 spiro atoms. The minimum Gasteiger partial charge on any atom is -0.477 e. The summed E-state index contributed by atoms with van der Waals surface area (Å²) in [6.07, 6.45) is 1.23. The van der Waals surface area contributed by atoms with E-state index in [2.05, 4.69) is 5.32 Å². The number of carbonyl (C=O) groups excluding carboxylic acids is 1. The largest absolute Gasteiger partial charge is 0.477 e. The Morgan fingerprint density at radius 3 is 2.50 bits per heavy atom. The number of aliphatic carboxylic acids is 1. The lowest BCUT2D eigenvalue weighted by atomic mass is 10.2. The second kappa shape index (κ2) is 6.68. The van der Waals surface area contributed by atoms with Crippen LogP contribution < -0.4 is 5.32 Å². The first-order chi connectivity index (χ1) is 10.4. The van der Waals surface area contributed by atoms with Gasteiger partial charge >= 0.3 is 5.97 Å². The van der Waals surface area contributed by atoms with E-state index in [1.807, 2.05) is 0 Å². The Morgan fingerprint density at radius 2 is 1.91 bits per heavy atom. The van der Waals surface area contributed by atoms with E-state index in [9.17, 15) is 9.59 Å². The normalized spacial score (nSPS) is 11.3. The van der Waals surface area contributed by atoms with Crippen LogP contribution in [0.5, 0.6) is 0 Å². The lowest BCUT2D eigenvalue weighted by molar-refractivity contribution is -0.134. The minimum atomic E-state index is -1.26. The molecule has 0 saturated carbocycles. The number of furan rings is 1. The number of carboxylic acids is 1. The topological polar surface area (TPSA) is 79.5 Å². The first-order valence-corrected chi connectivity index (χ1v) is 6.90. The maximum atomic E-state index is 11.0. The van der Waals surface area contributed by atoms with Gasteiger partial charge in [0, 0.05) is 18.6 Å². The van der Waals surface area contributed by atoms with Crippen LogP contribution in [0.25, 0.3) is 17.4 Å². The Balaban J connectivity index is 2.32. The van der Waals surface area contributed by atoms with Crippen molar-refractivity contribution >= 4 is 41.2 Å². The van der Waals surface area contributed by atoms with Crippen LogP contribution in [0, 0.1) is 0 Å². The Labute approximate surface area is 136 Å². The van der Waals surface area contributed by atoms with E-state index in [0.29, 0.717) is 21.4 Å². The van der Waals surface area contributed by atoms with Gasteiger partial charge in [0.1, 0.15) is 17.2 Å².